The zero-order chi connectivity index (χ0) is 11.3. The number of allylic oxidation sites excluding steroid dienone is 2. The van der Waals surface area contributed by atoms with Crippen LogP contribution in [0.3, 0.4) is 0 Å². The number of benzene rings is 1. The summed E-state index contributed by atoms with van der Waals surface area (Å²) < 4.78 is 5.06. The van der Waals surface area contributed by atoms with Gasteiger partial charge in [0.05, 0.1) is 6.61 Å². The largest absolute Gasteiger partial charge is 0.380 e. The molecule has 0 saturated carbocycles. The van der Waals surface area contributed by atoms with Gasteiger partial charge in [-0.15, -0.1) is 0 Å². The number of methoxy groups -OCH3 is 1. The maximum Gasteiger partial charge on any atom is 0.252 e. The highest BCUT2D eigenvalue weighted by Gasteiger charge is 2.11. The van der Waals surface area contributed by atoms with Gasteiger partial charge < -0.3 is 4.74 Å². The third kappa shape index (κ3) is 2.91. The second-order valence-corrected chi connectivity index (χ2v) is 3.41. The van der Waals surface area contributed by atoms with Crippen molar-refractivity contribution in [3.63, 3.8) is 0 Å². The van der Waals surface area contributed by atoms with E-state index in [1.165, 1.54) is 0 Å². The van der Waals surface area contributed by atoms with Gasteiger partial charge in [-0.2, -0.15) is 0 Å². The maximum absolute atomic E-state index is 11.2. The van der Waals surface area contributed by atoms with Crippen LogP contribution in [0.4, 0.5) is 0 Å². The first kappa shape index (κ1) is 12.0. The molecule has 0 radical (unpaired) electrons. The summed E-state index contributed by atoms with van der Waals surface area (Å²) in [5.74, 6) is 0. The summed E-state index contributed by atoms with van der Waals surface area (Å²) in [6, 6.07) is 7.56. The van der Waals surface area contributed by atoms with Crippen LogP contribution >= 0.6 is 11.6 Å². The molecule has 0 amide bonds. The standard InChI is InChI=1S/C12H13ClO2/c1-3-10(12(13)14)11-7-5-4-6-9(11)8-15-2/h3-7H,8H2,1-2H3. The number of carbonyl (C=O) groups excluding carboxylic acids is 1. The number of rotatable bonds is 4. The first-order chi connectivity index (χ1) is 7.20. The molecule has 2 nitrogen and oxygen atoms in total. The molecule has 0 N–H and O–H groups in total. The average Bonchev–Trinajstić information content (AvgIpc) is 2.21. The van der Waals surface area contributed by atoms with E-state index in [9.17, 15) is 4.79 Å². The number of hydrogen-bond acceptors (Lipinski definition) is 2. The Hall–Kier alpha value is -1.12. The molecule has 0 spiro atoms. The number of ether oxygens (including phenoxy) is 1. The summed E-state index contributed by atoms with van der Waals surface area (Å²) in [5.41, 5.74) is 2.31. The number of carbonyl (C=O) groups is 1. The van der Waals surface area contributed by atoms with Crippen molar-refractivity contribution in [1.29, 1.82) is 0 Å². The molecule has 0 bridgehead atoms. The zero-order valence-electron chi connectivity index (χ0n) is 8.79. The molecule has 0 heterocycles. The molecule has 0 aliphatic carbocycles. The highest BCUT2D eigenvalue weighted by Crippen LogP contribution is 2.22. The van der Waals surface area contributed by atoms with Gasteiger partial charge in [0, 0.05) is 12.7 Å². The van der Waals surface area contributed by atoms with Gasteiger partial charge in [0.25, 0.3) is 5.24 Å². The van der Waals surface area contributed by atoms with Gasteiger partial charge in [-0.25, -0.2) is 0 Å². The molecule has 1 aromatic carbocycles. The van der Waals surface area contributed by atoms with Crippen LogP contribution in [0.25, 0.3) is 5.57 Å². The normalized spacial score (nSPS) is 11.5. The van der Waals surface area contributed by atoms with Crippen LogP contribution in [0, 0.1) is 0 Å². The second-order valence-electron chi connectivity index (χ2n) is 3.07. The topological polar surface area (TPSA) is 26.3 Å². The van der Waals surface area contributed by atoms with E-state index in [4.69, 9.17) is 16.3 Å². The minimum atomic E-state index is -0.443. The highest BCUT2D eigenvalue weighted by atomic mass is 35.5. The Kier molecular flexibility index (Phi) is 4.53. The number of hydrogen-bond donors (Lipinski definition) is 0. The minimum Gasteiger partial charge on any atom is -0.380 e. The molecule has 0 aliphatic heterocycles. The lowest BCUT2D eigenvalue weighted by atomic mass is 10.0. The van der Waals surface area contributed by atoms with Crippen LogP contribution < -0.4 is 0 Å². The van der Waals surface area contributed by atoms with E-state index >= 15 is 0 Å². The Bertz CT molecular complexity index is 383. The van der Waals surface area contributed by atoms with Gasteiger partial charge >= 0.3 is 0 Å². The van der Waals surface area contributed by atoms with Crippen LogP contribution in [0.5, 0.6) is 0 Å². The summed E-state index contributed by atoms with van der Waals surface area (Å²) in [6.07, 6.45) is 1.71. The molecule has 3 heteroatoms. The van der Waals surface area contributed by atoms with Crippen molar-refractivity contribution in [2.75, 3.05) is 7.11 Å². The van der Waals surface area contributed by atoms with E-state index in [-0.39, 0.29) is 0 Å². The van der Waals surface area contributed by atoms with Crippen LogP contribution in [0.15, 0.2) is 30.3 Å². The van der Waals surface area contributed by atoms with Gasteiger partial charge in [-0.05, 0) is 29.7 Å². The lowest BCUT2D eigenvalue weighted by Gasteiger charge is -2.08. The Balaban J connectivity index is 3.17. The zero-order valence-corrected chi connectivity index (χ0v) is 9.54. The first-order valence-corrected chi connectivity index (χ1v) is 5.01. The molecule has 0 fully saturated rings. The predicted octanol–water partition coefficient (Wildman–Crippen LogP) is 3.00. The van der Waals surface area contributed by atoms with Crippen molar-refractivity contribution in [2.24, 2.45) is 0 Å². The van der Waals surface area contributed by atoms with E-state index in [1.807, 2.05) is 24.3 Å². The van der Waals surface area contributed by atoms with Crippen molar-refractivity contribution in [3.05, 3.63) is 41.5 Å². The average molecular weight is 225 g/mol. The molecule has 1 rings (SSSR count). The molecule has 80 valence electrons. The third-order valence-corrected chi connectivity index (χ3v) is 2.31. The molecule has 1 aromatic rings. The van der Waals surface area contributed by atoms with Crippen molar-refractivity contribution < 1.29 is 9.53 Å². The quantitative estimate of drug-likeness (QED) is 0.581. The predicted molar refractivity (Wildman–Crippen MR) is 61.7 cm³/mol. The highest BCUT2D eigenvalue weighted by molar-refractivity contribution is 6.74. The van der Waals surface area contributed by atoms with Gasteiger partial charge in [0.15, 0.2) is 0 Å². The molecule has 0 unspecified atom stereocenters. The van der Waals surface area contributed by atoms with Crippen molar-refractivity contribution in [1.82, 2.24) is 0 Å². The van der Waals surface area contributed by atoms with Crippen molar-refractivity contribution >= 4 is 22.4 Å². The number of halogens is 1. The molecular weight excluding hydrogens is 212 g/mol. The minimum absolute atomic E-state index is 0.443. The summed E-state index contributed by atoms with van der Waals surface area (Å²) in [5, 5.41) is -0.443. The SMILES string of the molecule is CC=C(C(=O)Cl)c1ccccc1COC. The van der Waals surface area contributed by atoms with E-state index in [0.717, 1.165) is 11.1 Å². The van der Waals surface area contributed by atoms with Crippen molar-refractivity contribution in [3.8, 4) is 0 Å². The molecule has 0 saturated heterocycles. The fourth-order valence-electron chi connectivity index (χ4n) is 1.44. The Labute approximate surface area is 94.5 Å². The van der Waals surface area contributed by atoms with Crippen LogP contribution in [0.2, 0.25) is 0 Å². The van der Waals surface area contributed by atoms with Gasteiger partial charge in [0.1, 0.15) is 0 Å². The van der Waals surface area contributed by atoms with E-state index < -0.39 is 5.24 Å². The first-order valence-electron chi connectivity index (χ1n) is 4.64. The summed E-state index contributed by atoms with van der Waals surface area (Å²) in [7, 11) is 1.62. The van der Waals surface area contributed by atoms with Gasteiger partial charge in [-0.3, -0.25) is 4.79 Å². The lowest BCUT2D eigenvalue weighted by Crippen LogP contribution is -1.99. The molecule has 0 atom stereocenters. The summed E-state index contributed by atoms with van der Waals surface area (Å²) in [4.78, 5) is 11.2. The van der Waals surface area contributed by atoms with Crippen LogP contribution in [-0.4, -0.2) is 12.4 Å². The molecule has 0 aromatic heterocycles. The summed E-state index contributed by atoms with van der Waals surface area (Å²) >= 11 is 5.50. The Morgan fingerprint density at radius 2 is 2.13 bits per heavy atom. The van der Waals surface area contributed by atoms with E-state index in [0.29, 0.717) is 12.2 Å². The molecule has 0 aliphatic rings. The fraction of sp³-hybridized carbons (Fsp3) is 0.250. The Morgan fingerprint density at radius 1 is 1.47 bits per heavy atom. The molecule has 15 heavy (non-hydrogen) atoms. The van der Waals surface area contributed by atoms with Crippen LogP contribution in [0.1, 0.15) is 18.1 Å². The smallest absolute Gasteiger partial charge is 0.252 e. The third-order valence-electron chi connectivity index (χ3n) is 2.11. The van der Waals surface area contributed by atoms with E-state index in [2.05, 4.69) is 0 Å². The van der Waals surface area contributed by atoms with Gasteiger partial charge in [-0.1, -0.05) is 30.3 Å². The lowest BCUT2D eigenvalue weighted by molar-refractivity contribution is -0.106. The van der Waals surface area contributed by atoms with Gasteiger partial charge in [0.2, 0.25) is 0 Å². The maximum atomic E-state index is 11.2. The summed E-state index contributed by atoms with van der Waals surface area (Å²) in [6.45, 7) is 2.26. The van der Waals surface area contributed by atoms with E-state index in [1.54, 1.807) is 20.1 Å². The second kappa shape index (κ2) is 5.69. The van der Waals surface area contributed by atoms with Crippen molar-refractivity contribution in [2.45, 2.75) is 13.5 Å². The Morgan fingerprint density at radius 3 is 2.67 bits per heavy atom. The van der Waals surface area contributed by atoms with Crippen LogP contribution in [-0.2, 0) is 16.1 Å². The fourth-order valence-corrected chi connectivity index (χ4v) is 1.65. The molecular formula is C12H13ClO2. The monoisotopic (exact) mass is 224 g/mol.